The molecule has 60 nitrogen and oxygen atoms in total. The van der Waals surface area contributed by atoms with Gasteiger partial charge >= 0.3 is 17.9 Å². The minimum Gasteiger partial charge on any atom is -0.481 e. The molecule has 0 aliphatic rings. The van der Waals surface area contributed by atoms with Gasteiger partial charge in [0.25, 0.3) is 0 Å². The zero-order valence-corrected chi connectivity index (χ0v) is 86.0. The molecule has 1 aromatic heterocycles. The Hall–Kier alpha value is -14.9. The van der Waals surface area contributed by atoms with Crippen LogP contribution in [0.5, 0.6) is 0 Å². The number of unbranched alkanes of at least 4 members (excludes halogenated alkanes) is 2. The predicted octanol–water partition coefficient (Wildman–Crippen LogP) is -10.3. The number of H-pyrrole nitrogens is 1. The maximum atomic E-state index is 15.1. The van der Waals surface area contributed by atoms with Crippen LogP contribution in [0.2, 0.25) is 0 Å². The van der Waals surface area contributed by atoms with E-state index in [4.69, 9.17) is 84.1 Å². The van der Waals surface area contributed by atoms with Crippen molar-refractivity contribution in [1.82, 2.24) is 122 Å². The molecule has 0 radical (unpaired) electrons. The summed E-state index contributed by atoms with van der Waals surface area (Å²) in [6, 6.07) is -25.5. The first-order valence-corrected chi connectivity index (χ1v) is 49.7. The maximum absolute atomic E-state index is 15.1. The Morgan fingerprint density at radius 3 is 0.879 bits per heavy atom. The Bertz CT molecular complexity index is 4530. The van der Waals surface area contributed by atoms with Gasteiger partial charge in [0.2, 0.25) is 88.6 Å². The highest BCUT2D eigenvalue weighted by Gasteiger charge is 2.41. The molecule has 1 aromatic rings. The number of carbonyl (C=O) groups is 18. The fraction of sp³-hybridized carbons (Fsp3) is 0.697. The molecule has 15 amide bonds. The van der Waals surface area contributed by atoms with Gasteiger partial charge in [-0.1, -0.05) is 54.4 Å². The number of rotatable bonds is 78. The SMILES string of the molecule is CC[C@H](C)[C@H](NC(=O)[C@H](C)NC(=O)[C@H](CC(C)C)NC(=O)[C@H](CCCCN)NC(=O)[C@H](CCCNC(=N)N)NC(=O)[C@H](CCCNC(=N)N)NC(=O)[C@H](CCCNC(=N)N)NC(=O)[C@H](CCC(=O)O)NC(=O)[C@H](Cc1cnc[nH]1)NC(=O)[C@H](CCCNC(=N)N)NC(=O)[C@H](CCCNC(=N)N)NC(=O)[C@@H](NC(=O)[C@H](CC(C)C)NC(=O)[C@@H](N)CCCCN)[C@@H](C)O)C(=O)N[C@@H](CCC(=O)O)C(=O)N[C@@H](CCCNC(=N)N)C(=O)O. The van der Waals surface area contributed by atoms with Crippen molar-refractivity contribution >= 4 is 142 Å². The third-order valence-corrected chi connectivity index (χ3v) is 23.0. The molecule has 50 N–H and O–H groups in total. The molecule has 0 saturated heterocycles. The van der Waals surface area contributed by atoms with E-state index in [0.29, 0.717) is 19.4 Å². The molecule has 1 heterocycles. The van der Waals surface area contributed by atoms with Crippen molar-refractivity contribution in [3.05, 3.63) is 18.2 Å². The van der Waals surface area contributed by atoms with Crippen molar-refractivity contribution in [3.63, 3.8) is 0 Å². The number of hydrogen-bond acceptors (Lipinski definition) is 29. The van der Waals surface area contributed by atoms with Crippen LogP contribution in [0.1, 0.15) is 222 Å². The Morgan fingerprint density at radius 1 is 0.322 bits per heavy atom. The summed E-state index contributed by atoms with van der Waals surface area (Å²) in [5.41, 5.74) is 51.1. The van der Waals surface area contributed by atoms with E-state index in [2.05, 4.69) is 122 Å². The molecule has 0 aliphatic heterocycles. The molecule has 0 aromatic carbocycles. The Kier molecular flexibility index (Phi) is 64.2. The highest BCUT2D eigenvalue weighted by Crippen LogP contribution is 2.18. The van der Waals surface area contributed by atoms with Crippen LogP contribution in [0.3, 0.4) is 0 Å². The number of aliphatic hydroxyl groups excluding tert-OH is 1. The summed E-state index contributed by atoms with van der Waals surface area (Å²) in [7, 11) is 0. The number of nitrogens with one attached hydrogen (secondary N) is 28. The smallest absolute Gasteiger partial charge is 0.326 e. The van der Waals surface area contributed by atoms with Crippen LogP contribution < -0.4 is 163 Å². The first kappa shape index (κ1) is 132. The number of aliphatic carboxylic acids is 3. The normalized spacial score (nSPS) is 14.7. The second-order valence-electron chi connectivity index (χ2n) is 36.9. The van der Waals surface area contributed by atoms with Crippen LogP contribution in [0, 0.1) is 50.2 Å². The van der Waals surface area contributed by atoms with E-state index in [1.807, 2.05) is 0 Å². The van der Waals surface area contributed by atoms with Gasteiger partial charge in [0.15, 0.2) is 35.8 Å². The Labute approximate surface area is 864 Å². The number of aliphatic hydroxyl groups is 1. The van der Waals surface area contributed by atoms with Crippen LogP contribution in [-0.4, -0.2) is 328 Å². The highest BCUT2D eigenvalue weighted by molar-refractivity contribution is 6.01. The molecule has 0 unspecified atom stereocenters. The second kappa shape index (κ2) is 72.4. The van der Waals surface area contributed by atoms with E-state index in [9.17, 15) is 78.0 Å². The molecule has 0 spiro atoms. The van der Waals surface area contributed by atoms with Gasteiger partial charge in [0, 0.05) is 70.4 Å². The average molecular weight is 2120 g/mol. The number of imidazole rings is 1. The van der Waals surface area contributed by atoms with Gasteiger partial charge in [-0.3, -0.25) is 114 Å². The number of carbonyl (C=O) groups excluding carboxylic acids is 15. The molecule has 60 heteroatoms. The number of nitrogens with two attached hydrogens (primary N) is 9. The van der Waals surface area contributed by atoms with E-state index in [-0.39, 0.29) is 191 Å². The van der Waals surface area contributed by atoms with Crippen molar-refractivity contribution in [1.29, 1.82) is 32.5 Å². The van der Waals surface area contributed by atoms with Crippen molar-refractivity contribution in [3.8, 4) is 0 Å². The first-order chi connectivity index (χ1) is 70.1. The van der Waals surface area contributed by atoms with E-state index < -0.39 is 277 Å². The van der Waals surface area contributed by atoms with Gasteiger partial charge in [-0.2, -0.15) is 0 Å². The fourth-order valence-electron chi connectivity index (χ4n) is 14.8. The third kappa shape index (κ3) is 57.2. The van der Waals surface area contributed by atoms with Gasteiger partial charge in [-0.15, -0.1) is 0 Å². The van der Waals surface area contributed by atoms with E-state index in [0.717, 1.165) is 0 Å². The fourth-order valence-corrected chi connectivity index (χ4v) is 14.8. The number of aromatic amines is 1. The zero-order valence-electron chi connectivity index (χ0n) is 86.0. The topological polar surface area (TPSA) is 1050 Å². The van der Waals surface area contributed by atoms with Crippen molar-refractivity contribution in [2.24, 2.45) is 69.4 Å². The summed E-state index contributed by atoms with van der Waals surface area (Å²) in [5.74, 6) is -24.0. The van der Waals surface area contributed by atoms with Crippen LogP contribution in [0.25, 0.3) is 0 Å². The lowest BCUT2D eigenvalue weighted by Crippen LogP contribution is -2.62. The lowest BCUT2D eigenvalue weighted by atomic mass is 9.97. The van der Waals surface area contributed by atoms with Crippen molar-refractivity contribution < 1.29 is 107 Å². The highest BCUT2D eigenvalue weighted by atomic mass is 16.4. The monoisotopic (exact) mass is 2120 g/mol. The van der Waals surface area contributed by atoms with Gasteiger partial charge in [-0.25, -0.2) is 9.78 Å². The summed E-state index contributed by atoms with van der Waals surface area (Å²) in [6.07, 6.45) is -2.69. The number of amides is 15. The lowest BCUT2D eigenvalue weighted by Gasteiger charge is -2.29. The molecule has 0 saturated carbocycles. The van der Waals surface area contributed by atoms with Gasteiger partial charge in [-0.05, 0) is 180 Å². The standard InChI is InChI=1S/C89H164N38O22/c1-9-47(6)66(81(146)121-59(29-31-65(131)132)77(142)122-60(83(148)149)27-19-39-111-89(103)104)126-68(133)48(7)113-78(143)61(40-45(2)3)124-74(139)52(21-11-13-33-91)114-70(135)53(22-14-34-106-84(93)94)115-71(136)54(23-15-35-107-85(95)96)116-72(137)55(24-16-36-108-86(97)98)118-76(141)58(28-30-64(129)130)119-79(144)63(42-50-43-105-44-112-50)125-75(140)56(25-17-37-109-87(99)100)117-73(138)57(26-18-38-110-88(101)102)120-82(147)67(49(8)128)127-80(145)62(41-46(4)5)123-69(134)51(92)20-10-12-32-90/h43-49,51-63,66-67,128H,9-42,90-92H2,1-8H3,(H,105,112)(H,113,143)(H,114,135)(H,115,136)(H,116,137)(H,117,138)(H,118,141)(H,119,144)(H,120,147)(H,121,146)(H,122,142)(H,123,134)(H,124,139)(H,125,140)(H,126,133)(H,127,145)(H,129,130)(H,131,132)(H,148,149)(H4,93,94,106)(H4,95,96,107)(H4,97,98,108)(H4,99,100,109)(H4,101,102,110)(H4,103,104,111)/t47-,48-,49+,51-,52-,53-,54-,55-,56-,57-,58-,59-,60-,61-,62-,63-,66-,67-/m0/s1. The van der Waals surface area contributed by atoms with E-state index in [1.54, 1.807) is 41.5 Å². The van der Waals surface area contributed by atoms with Crippen molar-refractivity contribution in [2.45, 2.75) is 325 Å². The molecule has 149 heavy (non-hydrogen) atoms. The second-order valence-corrected chi connectivity index (χ2v) is 36.9. The predicted molar refractivity (Wildman–Crippen MR) is 547 cm³/mol. The average Bonchev–Trinajstić information content (AvgIpc) is 1.62. The van der Waals surface area contributed by atoms with Crippen molar-refractivity contribution in [2.75, 3.05) is 52.4 Å². The van der Waals surface area contributed by atoms with Crippen LogP contribution in [0.15, 0.2) is 12.5 Å². The molecule has 842 valence electrons. The molecule has 18 atom stereocenters. The largest absolute Gasteiger partial charge is 0.481 e. The van der Waals surface area contributed by atoms with E-state index >= 15 is 28.8 Å². The van der Waals surface area contributed by atoms with Gasteiger partial charge in [0.05, 0.1) is 18.5 Å². The molecular weight excluding hydrogens is 1950 g/mol. The van der Waals surface area contributed by atoms with Crippen LogP contribution >= 0.6 is 0 Å². The summed E-state index contributed by atoms with van der Waals surface area (Å²) < 4.78 is 0. The first-order valence-electron chi connectivity index (χ1n) is 49.7. The molecule has 1 rings (SSSR count). The summed E-state index contributed by atoms with van der Waals surface area (Å²) in [5, 5.41) is 140. The summed E-state index contributed by atoms with van der Waals surface area (Å²) >= 11 is 0. The number of carboxylic acid groups (broad SMARTS) is 3. The number of hydrogen-bond donors (Lipinski definition) is 41. The van der Waals surface area contributed by atoms with E-state index in [1.165, 1.54) is 26.4 Å². The Morgan fingerprint density at radius 2 is 0.584 bits per heavy atom. The minimum absolute atomic E-state index is 0.0198. The quantitative estimate of drug-likeness (QED) is 0.0164. The number of aromatic nitrogens is 2. The zero-order chi connectivity index (χ0) is 113. The van der Waals surface area contributed by atoms with Gasteiger partial charge in [0.1, 0.15) is 90.6 Å². The molecule has 0 aliphatic carbocycles. The third-order valence-electron chi connectivity index (χ3n) is 23.0. The Balaban J connectivity index is 4.10. The van der Waals surface area contributed by atoms with Crippen LogP contribution in [-0.2, 0) is 92.7 Å². The lowest BCUT2D eigenvalue weighted by molar-refractivity contribution is -0.143. The molecule has 0 bridgehead atoms. The number of guanidine groups is 6. The summed E-state index contributed by atoms with van der Waals surface area (Å²) in [6.45, 7) is 12.6. The van der Waals surface area contributed by atoms with Crippen LogP contribution in [0.4, 0.5) is 0 Å². The number of carboxylic acids is 3. The maximum Gasteiger partial charge on any atom is 0.326 e. The molecular formula is C89H164N38O22. The van der Waals surface area contributed by atoms with Gasteiger partial charge < -0.3 is 189 Å². The summed E-state index contributed by atoms with van der Waals surface area (Å²) in [4.78, 5) is 261. The molecule has 0 fully saturated rings. The number of nitrogens with zero attached hydrogens (tertiary/aromatic N) is 1. The minimum atomic E-state index is -1.93.